The van der Waals surface area contributed by atoms with Crippen molar-refractivity contribution in [2.24, 2.45) is 52.3 Å². The van der Waals surface area contributed by atoms with Crippen molar-refractivity contribution in [3.63, 3.8) is 0 Å². The highest BCUT2D eigenvalue weighted by molar-refractivity contribution is 8.77. The van der Waals surface area contributed by atoms with E-state index in [1.807, 2.05) is 21.6 Å². The van der Waals surface area contributed by atoms with E-state index in [0.717, 1.165) is 66.4 Å². The normalized spacial score (nSPS) is 40.1. The molecule has 6 unspecified atom stereocenters. The van der Waals surface area contributed by atoms with Crippen LogP contribution in [-0.2, 0) is 9.53 Å². The molecule has 5 aliphatic rings. The average molecular weight is 601 g/mol. The van der Waals surface area contributed by atoms with Gasteiger partial charge in [0.25, 0.3) is 0 Å². The molecule has 4 aliphatic carbocycles. The van der Waals surface area contributed by atoms with Crippen LogP contribution in [0.3, 0.4) is 0 Å². The van der Waals surface area contributed by atoms with Gasteiger partial charge >= 0.3 is 5.97 Å². The molecular formula is C37H60O2S2. The number of hydrogen-bond donors (Lipinski definition) is 0. The third-order valence-corrected chi connectivity index (χ3v) is 15.9. The summed E-state index contributed by atoms with van der Waals surface area (Å²) in [5.41, 5.74) is 2.44. The highest BCUT2D eigenvalue weighted by Gasteiger charge is 2.59. The van der Waals surface area contributed by atoms with Crippen LogP contribution in [0.25, 0.3) is 0 Å². The maximum atomic E-state index is 12.7. The van der Waals surface area contributed by atoms with E-state index in [1.54, 1.807) is 5.57 Å². The van der Waals surface area contributed by atoms with Crippen molar-refractivity contribution in [3.05, 3.63) is 23.8 Å². The molecule has 4 heteroatoms. The number of carbonyl (C=O) groups is 1. The number of carbonyl (C=O) groups excluding carboxylic acids is 1. The lowest BCUT2D eigenvalue weighted by molar-refractivity contribution is -0.151. The monoisotopic (exact) mass is 600 g/mol. The minimum absolute atomic E-state index is 0.0496. The molecule has 1 heterocycles. The van der Waals surface area contributed by atoms with Crippen molar-refractivity contribution in [2.75, 3.05) is 5.75 Å². The molecule has 0 radical (unpaired) electrons. The molecule has 232 valence electrons. The zero-order valence-corrected chi connectivity index (χ0v) is 28.8. The molecular weight excluding hydrogens is 541 g/mol. The topological polar surface area (TPSA) is 26.3 Å². The molecule has 0 N–H and O–H groups in total. The van der Waals surface area contributed by atoms with Crippen molar-refractivity contribution in [2.45, 2.75) is 143 Å². The van der Waals surface area contributed by atoms with E-state index in [9.17, 15) is 4.79 Å². The van der Waals surface area contributed by atoms with E-state index < -0.39 is 0 Å². The average Bonchev–Trinajstić information content (AvgIpc) is 3.59. The van der Waals surface area contributed by atoms with Gasteiger partial charge in [0.2, 0.25) is 0 Å². The predicted molar refractivity (Wildman–Crippen MR) is 179 cm³/mol. The van der Waals surface area contributed by atoms with Crippen molar-refractivity contribution in [1.29, 1.82) is 0 Å². The molecule has 3 saturated carbocycles. The van der Waals surface area contributed by atoms with Gasteiger partial charge in [-0.25, -0.2) is 0 Å². The van der Waals surface area contributed by atoms with Crippen LogP contribution >= 0.6 is 21.6 Å². The van der Waals surface area contributed by atoms with Gasteiger partial charge in [0.05, 0.1) is 0 Å². The first kappa shape index (κ1) is 32.1. The molecule has 2 nitrogen and oxygen atoms in total. The molecule has 1 aliphatic heterocycles. The van der Waals surface area contributed by atoms with E-state index in [-0.39, 0.29) is 12.1 Å². The zero-order valence-electron chi connectivity index (χ0n) is 27.2. The van der Waals surface area contributed by atoms with Crippen LogP contribution in [0.5, 0.6) is 0 Å². The third-order valence-electron chi connectivity index (χ3n) is 12.9. The number of fused-ring (bicyclic) bond motifs is 5. The van der Waals surface area contributed by atoms with Gasteiger partial charge in [-0.3, -0.25) is 4.79 Å². The minimum atomic E-state index is 0.0496. The molecule has 0 aromatic carbocycles. The van der Waals surface area contributed by atoms with Crippen LogP contribution in [0.4, 0.5) is 0 Å². The second-order valence-corrected chi connectivity index (χ2v) is 18.3. The minimum Gasteiger partial charge on any atom is -0.462 e. The fraction of sp³-hybridized carbons (Fsp3) is 0.865. The largest absolute Gasteiger partial charge is 0.462 e. The van der Waals surface area contributed by atoms with Crippen LogP contribution in [0, 0.1) is 52.3 Å². The molecule has 0 aromatic rings. The second-order valence-electron chi connectivity index (χ2n) is 15.5. The summed E-state index contributed by atoms with van der Waals surface area (Å²) >= 11 is 0. The molecule has 1 saturated heterocycles. The lowest BCUT2D eigenvalue weighted by atomic mass is 9.47. The van der Waals surface area contributed by atoms with Crippen molar-refractivity contribution in [3.8, 4) is 0 Å². The Morgan fingerprint density at radius 2 is 1.88 bits per heavy atom. The number of ether oxygens (including phenoxy) is 1. The fourth-order valence-electron chi connectivity index (χ4n) is 10.4. The number of unbranched alkanes of at least 4 members (excludes halogenated alkanes) is 1. The summed E-state index contributed by atoms with van der Waals surface area (Å²) in [6.45, 7) is 14.9. The van der Waals surface area contributed by atoms with Crippen molar-refractivity contribution < 1.29 is 9.53 Å². The summed E-state index contributed by atoms with van der Waals surface area (Å²) in [5, 5.41) is 0.811. The predicted octanol–water partition coefficient (Wildman–Crippen LogP) is 11.1. The molecule has 5 rings (SSSR count). The molecule has 0 bridgehead atoms. The van der Waals surface area contributed by atoms with E-state index >= 15 is 0 Å². The Bertz CT molecular complexity index is 951. The Kier molecular flexibility index (Phi) is 10.7. The van der Waals surface area contributed by atoms with Gasteiger partial charge in [-0.15, -0.1) is 0 Å². The van der Waals surface area contributed by atoms with Crippen LogP contribution in [0.15, 0.2) is 23.8 Å². The third kappa shape index (κ3) is 6.84. The Balaban J connectivity index is 1.16. The maximum Gasteiger partial charge on any atom is 0.306 e. The molecule has 10 atom stereocenters. The van der Waals surface area contributed by atoms with E-state index in [2.05, 4.69) is 59.8 Å². The van der Waals surface area contributed by atoms with Gasteiger partial charge < -0.3 is 4.74 Å². The Labute approximate surface area is 260 Å². The van der Waals surface area contributed by atoms with Crippen LogP contribution < -0.4 is 0 Å². The summed E-state index contributed by atoms with van der Waals surface area (Å²) in [5.74, 6) is 6.85. The SMILES string of the molecule is CCC(/C=C/[C@@H](C)C1CCC2C3CC=C4C[C@@H](OC(=O)CCCCC5CCSS5)CC[C@]4(C)C3CC[C@@]21C)C(C)C. The zero-order chi connectivity index (χ0) is 29.2. The summed E-state index contributed by atoms with van der Waals surface area (Å²) < 4.78 is 6.09. The van der Waals surface area contributed by atoms with Crippen molar-refractivity contribution in [1.82, 2.24) is 0 Å². The molecule has 41 heavy (non-hydrogen) atoms. The lowest BCUT2D eigenvalue weighted by Crippen LogP contribution is -2.51. The summed E-state index contributed by atoms with van der Waals surface area (Å²) in [4.78, 5) is 12.7. The highest BCUT2D eigenvalue weighted by atomic mass is 33.1. The highest BCUT2D eigenvalue weighted by Crippen LogP contribution is 2.67. The van der Waals surface area contributed by atoms with E-state index in [1.165, 1.54) is 63.5 Å². The standard InChI is InChI=1S/C37H60O2S2/c1-7-27(25(2)3)13-12-26(4)32-16-17-33-31-15-14-28-24-29(18-21-36(28,5)34(31)19-22-37(32,33)6)39-35(38)11-9-8-10-30-20-23-40-41-30/h12-14,25-27,29-34H,7-11,15-24H2,1-6H3/b13-12+/t26-,27?,29+,30?,31?,32?,33?,34?,36+,37-/m1/s1. The lowest BCUT2D eigenvalue weighted by Gasteiger charge is -2.58. The molecule has 0 amide bonds. The summed E-state index contributed by atoms with van der Waals surface area (Å²) in [6.07, 6.45) is 24.7. The smallest absolute Gasteiger partial charge is 0.306 e. The van der Waals surface area contributed by atoms with Gasteiger partial charge in [-0.1, -0.05) is 93.4 Å². The fourth-order valence-corrected chi connectivity index (χ4v) is 13.4. The quantitative estimate of drug-likeness (QED) is 0.102. The first-order chi connectivity index (χ1) is 19.7. The van der Waals surface area contributed by atoms with Crippen LogP contribution in [-0.4, -0.2) is 23.1 Å². The van der Waals surface area contributed by atoms with E-state index in [0.29, 0.717) is 23.2 Å². The maximum absolute atomic E-state index is 12.7. The Morgan fingerprint density at radius 3 is 2.61 bits per heavy atom. The first-order valence-corrected chi connectivity index (χ1v) is 19.9. The van der Waals surface area contributed by atoms with Crippen LogP contribution in [0.2, 0.25) is 0 Å². The second kappa shape index (κ2) is 13.7. The number of hydrogen-bond acceptors (Lipinski definition) is 4. The number of rotatable bonds is 11. The van der Waals surface area contributed by atoms with Crippen LogP contribution in [0.1, 0.15) is 131 Å². The van der Waals surface area contributed by atoms with Gasteiger partial charge in [-0.05, 0) is 123 Å². The van der Waals surface area contributed by atoms with Gasteiger partial charge in [0.15, 0.2) is 0 Å². The molecule has 4 fully saturated rings. The first-order valence-electron chi connectivity index (χ1n) is 17.5. The van der Waals surface area contributed by atoms with Crippen molar-refractivity contribution >= 4 is 27.6 Å². The Hall–Kier alpha value is -0.350. The molecule has 0 aromatic heterocycles. The van der Waals surface area contributed by atoms with Gasteiger partial charge in [0.1, 0.15) is 6.10 Å². The number of allylic oxidation sites excluding steroid dienone is 3. The Morgan fingerprint density at radius 1 is 1.05 bits per heavy atom. The van der Waals surface area contributed by atoms with Gasteiger partial charge in [-0.2, -0.15) is 0 Å². The number of esters is 1. The summed E-state index contributed by atoms with van der Waals surface area (Å²) in [7, 11) is 4.06. The van der Waals surface area contributed by atoms with E-state index in [4.69, 9.17) is 4.74 Å². The molecule has 0 spiro atoms. The summed E-state index contributed by atoms with van der Waals surface area (Å²) in [6, 6.07) is 0. The van der Waals surface area contributed by atoms with Gasteiger partial charge in [0, 0.05) is 23.8 Å².